The Labute approximate surface area is 174 Å². The molecule has 1 atom stereocenters. The number of carbonyl (C=O) groups excluding carboxylic acids is 1. The van der Waals surface area contributed by atoms with Crippen LogP contribution >= 0.6 is 0 Å². The molecule has 2 aromatic carbocycles. The summed E-state index contributed by atoms with van der Waals surface area (Å²) in [5, 5.41) is 2.96. The Hall–Kier alpha value is -2.69. The van der Waals surface area contributed by atoms with Crippen LogP contribution in [0.5, 0.6) is 17.2 Å². The van der Waals surface area contributed by atoms with E-state index in [1.165, 1.54) is 0 Å². The molecule has 158 valence electrons. The molecule has 0 saturated heterocycles. The van der Waals surface area contributed by atoms with E-state index in [4.69, 9.17) is 14.2 Å². The number of para-hydroxylation sites is 1. The minimum atomic E-state index is -0.541. The fourth-order valence-electron chi connectivity index (χ4n) is 3.10. The van der Waals surface area contributed by atoms with Gasteiger partial charge in [-0.25, -0.2) is 0 Å². The molecular formula is C24H33NO4. The minimum absolute atomic E-state index is 0.104. The molecule has 2 rings (SSSR count). The van der Waals surface area contributed by atoms with Gasteiger partial charge in [-0.3, -0.25) is 4.79 Å². The number of aryl methyl sites for hydroxylation is 1. The first kappa shape index (κ1) is 22.6. The van der Waals surface area contributed by atoms with Gasteiger partial charge in [0.05, 0.1) is 13.7 Å². The zero-order chi connectivity index (χ0) is 21.2. The molecule has 1 amide bonds. The maximum atomic E-state index is 12.4. The second-order valence-corrected chi connectivity index (χ2v) is 7.27. The van der Waals surface area contributed by atoms with Crippen molar-refractivity contribution in [1.29, 1.82) is 0 Å². The van der Waals surface area contributed by atoms with Gasteiger partial charge in [-0.15, -0.1) is 0 Å². The highest BCUT2D eigenvalue weighted by molar-refractivity contribution is 5.80. The van der Waals surface area contributed by atoms with Crippen LogP contribution in [0, 0.1) is 0 Å². The highest BCUT2D eigenvalue weighted by atomic mass is 16.5. The predicted molar refractivity (Wildman–Crippen MR) is 116 cm³/mol. The van der Waals surface area contributed by atoms with Crippen molar-refractivity contribution >= 4 is 5.91 Å². The lowest BCUT2D eigenvalue weighted by Gasteiger charge is -2.18. The quantitative estimate of drug-likeness (QED) is 0.555. The fourth-order valence-corrected chi connectivity index (χ4v) is 3.10. The summed E-state index contributed by atoms with van der Waals surface area (Å²) in [5.74, 6) is 2.49. The van der Waals surface area contributed by atoms with Crippen molar-refractivity contribution in [2.45, 2.75) is 52.6 Å². The van der Waals surface area contributed by atoms with Crippen LogP contribution in [0.1, 0.15) is 51.2 Å². The Morgan fingerprint density at radius 3 is 2.48 bits per heavy atom. The van der Waals surface area contributed by atoms with E-state index in [2.05, 4.69) is 19.2 Å². The van der Waals surface area contributed by atoms with E-state index in [0.717, 1.165) is 41.2 Å². The molecule has 5 heteroatoms. The molecule has 0 aromatic heterocycles. The molecule has 0 fully saturated rings. The van der Waals surface area contributed by atoms with E-state index >= 15 is 0 Å². The predicted octanol–water partition coefficient (Wildman–Crippen LogP) is 4.73. The molecule has 0 spiro atoms. The average Bonchev–Trinajstić information content (AvgIpc) is 2.72. The van der Waals surface area contributed by atoms with Crippen LogP contribution in [0.15, 0.2) is 42.5 Å². The van der Waals surface area contributed by atoms with Crippen molar-refractivity contribution in [3.63, 3.8) is 0 Å². The molecule has 1 N–H and O–H groups in total. The summed E-state index contributed by atoms with van der Waals surface area (Å²) < 4.78 is 16.8. The van der Waals surface area contributed by atoms with E-state index < -0.39 is 6.10 Å². The highest BCUT2D eigenvalue weighted by Crippen LogP contribution is 2.28. The Balaban J connectivity index is 1.81. The van der Waals surface area contributed by atoms with Gasteiger partial charge < -0.3 is 19.5 Å². The molecular weight excluding hydrogens is 366 g/mol. The van der Waals surface area contributed by atoms with Gasteiger partial charge in [0.25, 0.3) is 5.91 Å². The molecule has 5 nitrogen and oxygen atoms in total. The van der Waals surface area contributed by atoms with Crippen molar-refractivity contribution in [3.05, 3.63) is 53.6 Å². The third kappa shape index (κ3) is 6.70. The van der Waals surface area contributed by atoms with Crippen LogP contribution in [0.2, 0.25) is 0 Å². The number of methoxy groups -OCH3 is 1. The number of carbonyl (C=O) groups is 1. The summed E-state index contributed by atoms with van der Waals surface area (Å²) in [5.41, 5.74) is 2.26. The summed E-state index contributed by atoms with van der Waals surface area (Å²) >= 11 is 0. The van der Waals surface area contributed by atoms with Gasteiger partial charge in [-0.1, -0.05) is 38.1 Å². The SMILES string of the molecule is CCOc1ccc(CCCNC(=O)[C@H](C)Oc2ccccc2C(C)C)cc1OC. The first-order chi connectivity index (χ1) is 14.0. The zero-order valence-corrected chi connectivity index (χ0v) is 18.2. The smallest absolute Gasteiger partial charge is 0.260 e. The molecule has 0 aliphatic heterocycles. The monoisotopic (exact) mass is 399 g/mol. The molecule has 0 heterocycles. The molecule has 0 saturated carbocycles. The number of hydrogen-bond donors (Lipinski definition) is 1. The van der Waals surface area contributed by atoms with E-state index in [1.807, 2.05) is 49.4 Å². The summed E-state index contributed by atoms with van der Waals surface area (Å²) in [7, 11) is 1.64. The summed E-state index contributed by atoms with van der Waals surface area (Å²) in [6.07, 6.45) is 1.13. The number of hydrogen-bond acceptors (Lipinski definition) is 4. The Morgan fingerprint density at radius 1 is 1.03 bits per heavy atom. The number of nitrogens with one attached hydrogen (secondary N) is 1. The fraction of sp³-hybridized carbons (Fsp3) is 0.458. The maximum absolute atomic E-state index is 12.4. The maximum Gasteiger partial charge on any atom is 0.260 e. The molecule has 0 bridgehead atoms. The first-order valence-electron chi connectivity index (χ1n) is 10.3. The first-order valence-corrected chi connectivity index (χ1v) is 10.3. The highest BCUT2D eigenvalue weighted by Gasteiger charge is 2.16. The van der Waals surface area contributed by atoms with Crippen molar-refractivity contribution in [3.8, 4) is 17.2 Å². The van der Waals surface area contributed by atoms with Crippen LogP contribution < -0.4 is 19.5 Å². The van der Waals surface area contributed by atoms with Crippen LogP contribution in [0.4, 0.5) is 0 Å². The van der Waals surface area contributed by atoms with Gasteiger partial charge in [-0.05, 0) is 61.9 Å². The van der Waals surface area contributed by atoms with Gasteiger partial charge in [-0.2, -0.15) is 0 Å². The number of ether oxygens (including phenoxy) is 3. The third-order valence-electron chi connectivity index (χ3n) is 4.68. The molecule has 2 aromatic rings. The van der Waals surface area contributed by atoms with Gasteiger partial charge in [0.15, 0.2) is 17.6 Å². The lowest BCUT2D eigenvalue weighted by Crippen LogP contribution is -2.37. The van der Waals surface area contributed by atoms with Crippen molar-refractivity contribution in [2.24, 2.45) is 0 Å². The zero-order valence-electron chi connectivity index (χ0n) is 18.2. The van der Waals surface area contributed by atoms with Crippen LogP contribution in [-0.4, -0.2) is 32.3 Å². The van der Waals surface area contributed by atoms with Crippen LogP contribution in [-0.2, 0) is 11.2 Å². The van der Waals surface area contributed by atoms with E-state index in [1.54, 1.807) is 14.0 Å². The Kier molecular flexibility index (Phi) is 8.84. The molecule has 0 radical (unpaired) electrons. The molecule has 29 heavy (non-hydrogen) atoms. The largest absolute Gasteiger partial charge is 0.493 e. The van der Waals surface area contributed by atoms with Gasteiger partial charge in [0.1, 0.15) is 5.75 Å². The second-order valence-electron chi connectivity index (χ2n) is 7.27. The normalized spacial score (nSPS) is 11.8. The van der Waals surface area contributed by atoms with Gasteiger partial charge in [0.2, 0.25) is 0 Å². The van der Waals surface area contributed by atoms with Gasteiger partial charge in [0, 0.05) is 6.54 Å². The molecule has 0 aliphatic carbocycles. The lowest BCUT2D eigenvalue weighted by atomic mass is 10.0. The van der Waals surface area contributed by atoms with Crippen molar-refractivity contribution in [1.82, 2.24) is 5.32 Å². The average molecular weight is 400 g/mol. The Morgan fingerprint density at radius 2 is 1.79 bits per heavy atom. The summed E-state index contributed by atoms with van der Waals surface area (Å²) in [6.45, 7) is 9.15. The number of benzene rings is 2. The van der Waals surface area contributed by atoms with Crippen molar-refractivity contribution < 1.29 is 19.0 Å². The number of amides is 1. The second kappa shape index (κ2) is 11.3. The lowest BCUT2D eigenvalue weighted by molar-refractivity contribution is -0.127. The topological polar surface area (TPSA) is 56.8 Å². The van der Waals surface area contributed by atoms with Crippen molar-refractivity contribution in [2.75, 3.05) is 20.3 Å². The van der Waals surface area contributed by atoms with E-state index in [-0.39, 0.29) is 5.91 Å². The summed E-state index contributed by atoms with van der Waals surface area (Å²) in [4.78, 5) is 12.4. The standard InChI is InChI=1S/C24H33NO4/c1-6-28-22-14-13-19(16-23(22)27-5)10-9-15-25-24(26)18(4)29-21-12-8-7-11-20(21)17(2)3/h7-8,11-14,16-18H,6,9-10,15H2,1-5H3,(H,25,26)/t18-/m0/s1. The van der Waals surface area contributed by atoms with Gasteiger partial charge >= 0.3 is 0 Å². The third-order valence-corrected chi connectivity index (χ3v) is 4.68. The minimum Gasteiger partial charge on any atom is -0.493 e. The number of rotatable bonds is 11. The Bertz CT molecular complexity index is 788. The van der Waals surface area contributed by atoms with E-state index in [9.17, 15) is 4.79 Å². The molecule has 0 aliphatic rings. The van der Waals surface area contributed by atoms with E-state index in [0.29, 0.717) is 19.1 Å². The van der Waals surface area contributed by atoms with Crippen LogP contribution in [0.3, 0.4) is 0 Å². The molecule has 0 unspecified atom stereocenters. The summed E-state index contributed by atoms with van der Waals surface area (Å²) in [6, 6.07) is 13.8. The van der Waals surface area contributed by atoms with Crippen LogP contribution in [0.25, 0.3) is 0 Å².